The minimum Gasteiger partial charge on any atom is -0.399 e. The Hall–Kier alpha value is -1.16. The molecular weight excluding hydrogens is 184 g/mol. The van der Waals surface area contributed by atoms with Crippen molar-refractivity contribution < 1.29 is 4.79 Å². The van der Waals surface area contributed by atoms with Gasteiger partial charge in [-0.2, -0.15) is 11.8 Å². The first-order chi connectivity index (χ1) is 6.22. The number of nitrogens with one attached hydrogen (secondary N) is 1. The van der Waals surface area contributed by atoms with E-state index in [4.69, 9.17) is 5.73 Å². The number of nitrogen functional groups attached to an aromatic ring is 1. The summed E-state index contributed by atoms with van der Waals surface area (Å²) in [5.41, 5.74) is 6.96. The third-order valence-corrected chi connectivity index (χ3v) is 2.00. The van der Waals surface area contributed by atoms with Gasteiger partial charge in [-0.15, -0.1) is 0 Å². The van der Waals surface area contributed by atoms with E-state index < -0.39 is 0 Å². The Kier molecular flexibility index (Phi) is 3.64. The number of carbonyl (C=O) groups is 1. The van der Waals surface area contributed by atoms with Crippen molar-refractivity contribution in [3.63, 3.8) is 0 Å². The standard InChI is InChI=1S/C9H12N2OS/c1-13-6-9(12)11-8-4-2-3-7(10)5-8/h2-5H,6,10H2,1H3,(H,11,12). The molecule has 1 rings (SSSR count). The van der Waals surface area contributed by atoms with Crippen LogP contribution in [0.5, 0.6) is 0 Å². The first kappa shape index (κ1) is 9.92. The van der Waals surface area contributed by atoms with Crippen LogP contribution in [0.1, 0.15) is 0 Å². The highest BCUT2D eigenvalue weighted by Crippen LogP contribution is 2.11. The lowest BCUT2D eigenvalue weighted by molar-refractivity contribution is -0.113. The lowest BCUT2D eigenvalue weighted by Crippen LogP contribution is -2.13. The number of rotatable bonds is 3. The normalized spacial score (nSPS) is 9.62. The van der Waals surface area contributed by atoms with E-state index in [0.29, 0.717) is 11.4 Å². The lowest BCUT2D eigenvalue weighted by atomic mass is 10.3. The van der Waals surface area contributed by atoms with Gasteiger partial charge in [-0.05, 0) is 24.5 Å². The number of anilines is 2. The molecule has 0 aliphatic carbocycles. The SMILES string of the molecule is CSCC(=O)Nc1cccc(N)c1. The molecule has 13 heavy (non-hydrogen) atoms. The summed E-state index contributed by atoms with van der Waals surface area (Å²) in [7, 11) is 0. The Labute approximate surface area is 81.7 Å². The molecule has 0 aliphatic rings. The Morgan fingerprint density at radius 2 is 2.38 bits per heavy atom. The molecule has 4 heteroatoms. The predicted octanol–water partition coefficient (Wildman–Crippen LogP) is 1.57. The number of nitrogens with two attached hydrogens (primary N) is 1. The largest absolute Gasteiger partial charge is 0.399 e. The van der Waals surface area contributed by atoms with Crippen LogP contribution >= 0.6 is 11.8 Å². The van der Waals surface area contributed by atoms with Crippen LogP contribution in [0, 0.1) is 0 Å². The third kappa shape index (κ3) is 3.38. The zero-order valence-corrected chi connectivity index (χ0v) is 8.23. The van der Waals surface area contributed by atoms with Gasteiger partial charge in [0.05, 0.1) is 5.75 Å². The van der Waals surface area contributed by atoms with Crippen LogP contribution in [-0.4, -0.2) is 17.9 Å². The van der Waals surface area contributed by atoms with Gasteiger partial charge >= 0.3 is 0 Å². The molecule has 0 atom stereocenters. The lowest BCUT2D eigenvalue weighted by Gasteiger charge is -2.03. The summed E-state index contributed by atoms with van der Waals surface area (Å²) >= 11 is 1.49. The third-order valence-electron chi connectivity index (χ3n) is 1.45. The monoisotopic (exact) mass is 196 g/mol. The predicted molar refractivity (Wildman–Crippen MR) is 57.9 cm³/mol. The van der Waals surface area contributed by atoms with E-state index in [2.05, 4.69) is 5.32 Å². The fraction of sp³-hybridized carbons (Fsp3) is 0.222. The first-order valence-electron chi connectivity index (χ1n) is 3.86. The summed E-state index contributed by atoms with van der Waals surface area (Å²) in [5.74, 6) is 0.465. The molecular formula is C9H12N2OS. The molecule has 0 bridgehead atoms. The van der Waals surface area contributed by atoms with Gasteiger partial charge in [0.1, 0.15) is 0 Å². The highest BCUT2D eigenvalue weighted by Gasteiger charge is 1.99. The van der Waals surface area contributed by atoms with Crippen molar-refractivity contribution in [1.29, 1.82) is 0 Å². The van der Waals surface area contributed by atoms with Gasteiger partial charge in [-0.1, -0.05) is 6.07 Å². The second kappa shape index (κ2) is 4.77. The molecule has 0 radical (unpaired) electrons. The van der Waals surface area contributed by atoms with Crippen molar-refractivity contribution in [1.82, 2.24) is 0 Å². The number of benzene rings is 1. The fourth-order valence-electron chi connectivity index (χ4n) is 0.945. The number of hydrogen-bond donors (Lipinski definition) is 2. The molecule has 0 unspecified atom stereocenters. The Morgan fingerprint density at radius 3 is 3.00 bits per heavy atom. The summed E-state index contributed by atoms with van der Waals surface area (Å²) in [6, 6.07) is 7.14. The summed E-state index contributed by atoms with van der Waals surface area (Å²) in [6.45, 7) is 0. The van der Waals surface area contributed by atoms with Crippen LogP contribution in [0.2, 0.25) is 0 Å². The van der Waals surface area contributed by atoms with Crippen molar-refractivity contribution in [3.8, 4) is 0 Å². The minimum absolute atomic E-state index is 0.00176. The van der Waals surface area contributed by atoms with Crippen LogP contribution in [0.4, 0.5) is 11.4 Å². The summed E-state index contributed by atoms with van der Waals surface area (Å²) in [5, 5.41) is 2.74. The molecule has 70 valence electrons. The number of thioether (sulfide) groups is 1. The van der Waals surface area contributed by atoms with Crippen LogP contribution in [0.3, 0.4) is 0 Å². The van der Waals surface area contributed by atoms with E-state index in [1.807, 2.05) is 18.4 Å². The molecule has 0 spiro atoms. The maximum atomic E-state index is 11.2. The van der Waals surface area contributed by atoms with Crippen LogP contribution < -0.4 is 11.1 Å². The Morgan fingerprint density at radius 1 is 1.62 bits per heavy atom. The van der Waals surface area contributed by atoms with Gasteiger partial charge in [-0.3, -0.25) is 4.79 Å². The van der Waals surface area contributed by atoms with Crippen LogP contribution in [-0.2, 0) is 4.79 Å². The molecule has 0 saturated heterocycles. The zero-order valence-electron chi connectivity index (χ0n) is 7.41. The number of amides is 1. The molecule has 1 aromatic rings. The smallest absolute Gasteiger partial charge is 0.234 e. The number of carbonyl (C=O) groups excluding carboxylic acids is 1. The second-order valence-corrected chi connectivity index (χ2v) is 3.47. The van der Waals surface area contributed by atoms with Crippen molar-refractivity contribution in [2.45, 2.75) is 0 Å². The van der Waals surface area contributed by atoms with E-state index in [-0.39, 0.29) is 5.91 Å². The second-order valence-electron chi connectivity index (χ2n) is 2.61. The van der Waals surface area contributed by atoms with Gasteiger partial charge in [0.2, 0.25) is 5.91 Å². The average molecular weight is 196 g/mol. The molecule has 0 heterocycles. The fourth-order valence-corrected chi connectivity index (χ4v) is 1.28. The summed E-state index contributed by atoms with van der Waals surface area (Å²) < 4.78 is 0. The Bertz CT molecular complexity index is 301. The molecule has 3 nitrogen and oxygen atoms in total. The number of hydrogen-bond acceptors (Lipinski definition) is 3. The molecule has 0 fully saturated rings. The van der Waals surface area contributed by atoms with E-state index in [1.54, 1.807) is 12.1 Å². The summed E-state index contributed by atoms with van der Waals surface area (Å²) in [6.07, 6.45) is 1.89. The van der Waals surface area contributed by atoms with Gasteiger partial charge in [-0.25, -0.2) is 0 Å². The quantitative estimate of drug-likeness (QED) is 0.721. The van der Waals surface area contributed by atoms with Gasteiger partial charge in [0, 0.05) is 11.4 Å². The molecule has 0 aromatic heterocycles. The zero-order chi connectivity index (χ0) is 9.68. The highest BCUT2D eigenvalue weighted by atomic mass is 32.2. The van der Waals surface area contributed by atoms with Crippen LogP contribution in [0.15, 0.2) is 24.3 Å². The van der Waals surface area contributed by atoms with Crippen molar-refractivity contribution in [3.05, 3.63) is 24.3 Å². The van der Waals surface area contributed by atoms with Crippen molar-refractivity contribution >= 4 is 29.0 Å². The van der Waals surface area contributed by atoms with Crippen molar-refractivity contribution in [2.75, 3.05) is 23.1 Å². The topological polar surface area (TPSA) is 55.1 Å². The maximum Gasteiger partial charge on any atom is 0.234 e. The van der Waals surface area contributed by atoms with E-state index >= 15 is 0 Å². The molecule has 1 aromatic carbocycles. The average Bonchev–Trinajstić information content (AvgIpc) is 2.04. The van der Waals surface area contributed by atoms with E-state index in [0.717, 1.165) is 5.69 Å². The van der Waals surface area contributed by atoms with E-state index in [9.17, 15) is 4.79 Å². The first-order valence-corrected chi connectivity index (χ1v) is 5.26. The van der Waals surface area contributed by atoms with Gasteiger partial charge < -0.3 is 11.1 Å². The van der Waals surface area contributed by atoms with E-state index in [1.165, 1.54) is 11.8 Å². The summed E-state index contributed by atoms with van der Waals surface area (Å²) in [4.78, 5) is 11.2. The molecule has 0 aliphatic heterocycles. The van der Waals surface area contributed by atoms with Crippen molar-refractivity contribution in [2.24, 2.45) is 0 Å². The van der Waals surface area contributed by atoms with Gasteiger partial charge in [0.25, 0.3) is 0 Å². The van der Waals surface area contributed by atoms with Gasteiger partial charge in [0.15, 0.2) is 0 Å². The minimum atomic E-state index is -0.00176. The molecule has 0 saturated carbocycles. The molecule has 3 N–H and O–H groups in total. The maximum absolute atomic E-state index is 11.2. The molecule has 1 amide bonds. The van der Waals surface area contributed by atoms with Crippen LogP contribution in [0.25, 0.3) is 0 Å². The highest BCUT2D eigenvalue weighted by molar-refractivity contribution is 7.99. The Balaban J connectivity index is 2.58.